The van der Waals surface area contributed by atoms with Crippen molar-refractivity contribution in [2.45, 2.75) is 0 Å². The molecule has 1 aromatic carbocycles. The van der Waals surface area contributed by atoms with E-state index in [2.05, 4.69) is 17.0 Å². The van der Waals surface area contributed by atoms with Crippen LogP contribution in [0.25, 0.3) is 0 Å². The van der Waals surface area contributed by atoms with E-state index in [1.807, 2.05) is 31.3 Å². The van der Waals surface area contributed by atoms with E-state index in [4.69, 9.17) is 0 Å². The van der Waals surface area contributed by atoms with Crippen molar-refractivity contribution < 1.29 is 0 Å². The van der Waals surface area contributed by atoms with Crippen molar-refractivity contribution in [2.75, 3.05) is 12.4 Å². The Labute approximate surface area is 60.6 Å². The van der Waals surface area contributed by atoms with E-state index in [-0.39, 0.29) is 0 Å². The molecule has 0 aliphatic rings. The zero-order valence-corrected chi connectivity index (χ0v) is 5.96. The fraction of sp³-hybridized carbons (Fsp3) is 0.125. The molecule has 0 aliphatic heterocycles. The maximum atomic E-state index is 3.79. The summed E-state index contributed by atoms with van der Waals surface area (Å²) in [5, 5.41) is 3.01. The van der Waals surface area contributed by atoms with Crippen molar-refractivity contribution in [1.29, 1.82) is 0 Å². The lowest BCUT2D eigenvalue weighted by Crippen LogP contribution is -1.85. The molecule has 0 heterocycles. The first-order chi connectivity index (χ1) is 4.86. The lowest BCUT2D eigenvalue weighted by Gasteiger charge is -1.98. The molecule has 0 atom stereocenters. The maximum Gasteiger partial charge on any atom is 0.0642 e. The third kappa shape index (κ3) is 1.35. The van der Waals surface area contributed by atoms with Crippen molar-refractivity contribution in [2.24, 2.45) is 4.99 Å². The van der Waals surface area contributed by atoms with Crippen LogP contribution in [0.15, 0.2) is 29.3 Å². The molecule has 0 spiro atoms. The van der Waals surface area contributed by atoms with Crippen molar-refractivity contribution in [3.8, 4) is 0 Å². The normalized spacial score (nSPS) is 8.90. The van der Waals surface area contributed by atoms with Gasteiger partial charge in [-0.05, 0) is 24.9 Å². The predicted octanol–water partition coefficient (Wildman–Crippen LogP) is 2.06. The van der Waals surface area contributed by atoms with E-state index in [0.29, 0.717) is 0 Å². The molecule has 0 saturated heterocycles. The molecule has 2 nitrogen and oxygen atoms in total. The first-order valence-electron chi connectivity index (χ1n) is 3.11. The summed E-state index contributed by atoms with van der Waals surface area (Å²) in [7, 11) is 1.88. The Kier molecular flexibility index (Phi) is 2.05. The fourth-order valence-electron chi connectivity index (χ4n) is 0.760. The lowest BCUT2D eigenvalue weighted by atomic mass is 10.3. The van der Waals surface area contributed by atoms with Crippen LogP contribution in [0.4, 0.5) is 11.4 Å². The monoisotopic (exact) mass is 134 g/mol. The Morgan fingerprint density at radius 2 is 2.30 bits per heavy atom. The number of anilines is 1. The van der Waals surface area contributed by atoms with Gasteiger partial charge in [0.25, 0.3) is 0 Å². The van der Waals surface area contributed by atoms with Crippen LogP contribution in [0.5, 0.6) is 0 Å². The summed E-state index contributed by atoms with van der Waals surface area (Å²) in [6, 6.07) is 7.77. The molecule has 0 saturated carbocycles. The zero-order valence-electron chi connectivity index (χ0n) is 5.96. The topological polar surface area (TPSA) is 24.4 Å². The average Bonchev–Trinajstić information content (AvgIpc) is 2.05. The highest BCUT2D eigenvalue weighted by molar-refractivity contribution is 5.55. The second-order valence-electron chi connectivity index (χ2n) is 1.96. The molecule has 52 valence electrons. The highest BCUT2D eigenvalue weighted by Gasteiger charge is 1.87. The number of rotatable bonds is 2. The highest BCUT2D eigenvalue weighted by Crippen LogP contribution is 2.15. The third-order valence-electron chi connectivity index (χ3n) is 1.32. The van der Waals surface area contributed by atoms with Crippen LogP contribution < -0.4 is 5.32 Å². The number of benzene rings is 1. The Morgan fingerprint density at radius 3 is 2.90 bits per heavy atom. The molecule has 0 amide bonds. The van der Waals surface area contributed by atoms with Gasteiger partial charge in [-0.2, -0.15) is 0 Å². The van der Waals surface area contributed by atoms with Crippen molar-refractivity contribution >= 4 is 18.1 Å². The number of hydrogen-bond donors (Lipinski definition) is 1. The van der Waals surface area contributed by atoms with E-state index in [0.717, 1.165) is 11.4 Å². The summed E-state index contributed by atoms with van der Waals surface area (Å²) in [4.78, 5) is 3.79. The fourth-order valence-corrected chi connectivity index (χ4v) is 0.760. The van der Waals surface area contributed by atoms with Gasteiger partial charge in [0.2, 0.25) is 0 Å². The van der Waals surface area contributed by atoms with Crippen LogP contribution in [0.1, 0.15) is 0 Å². The summed E-state index contributed by atoms with van der Waals surface area (Å²) < 4.78 is 0. The summed E-state index contributed by atoms with van der Waals surface area (Å²) in [5.41, 5.74) is 1.96. The molecule has 1 aromatic rings. The maximum absolute atomic E-state index is 3.79. The largest absolute Gasteiger partial charge is 0.388 e. The number of nitrogens with one attached hydrogen (secondary N) is 1. The minimum atomic E-state index is 0.895. The quantitative estimate of drug-likeness (QED) is 0.615. The molecular formula is C8H10N2. The molecule has 2 heteroatoms. The van der Waals surface area contributed by atoms with E-state index < -0.39 is 0 Å². The van der Waals surface area contributed by atoms with Crippen molar-refractivity contribution in [3.05, 3.63) is 24.3 Å². The standard InChI is InChI=1S/C8H10N2/c1-9-7-4-3-5-8(6-7)10-2/h3-6,10H,1H2,2H3. The number of hydrogen-bond acceptors (Lipinski definition) is 2. The SMILES string of the molecule is C=Nc1cccc(NC)c1. The average molecular weight is 134 g/mol. The van der Waals surface area contributed by atoms with Gasteiger partial charge in [0.1, 0.15) is 0 Å². The number of nitrogens with zero attached hydrogens (tertiary/aromatic N) is 1. The van der Waals surface area contributed by atoms with Gasteiger partial charge in [-0.3, -0.25) is 4.99 Å². The van der Waals surface area contributed by atoms with E-state index in [1.54, 1.807) is 0 Å². The molecular weight excluding hydrogens is 124 g/mol. The van der Waals surface area contributed by atoms with E-state index in [9.17, 15) is 0 Å². The molecule has 10 heavy (non-hydrogen) atoms. The van der Waals surface area contributed by atoms with Crippen LogP contribution in [0.3, 0.4) is 0 Å². The minimum Gasteiger partial charge on any atom is -0.388 e. The summed E-state index contributed by atoms with van der Waals surface area (Å²) >= 11 is 0. The molecule has 1 rings (SSSR count). The zero-order chi connectivity index (χ0) is 7.40. The first kappa shape index (κ1) is 6.81. The van der Waals surface area contributed by atoms with Gasteiger partial charge >= 0.3 is 0 Å². The number of aliphatic imine (C=N–C) groups is 1. The Morgan fingerprint density at radius 1 is 1.50 bits per heavy atom. The van der Waals surface area contributed by atoms with Crippen LogP contribution in [0.2, 0.25) is 0 Å². The van der Waals surface area contributed by atoms with Gasteiger partial charge in [-0.15, -0.1) is 0 Å². The van der Waals surface area contributed by atoms with Gasteiger partial charge in [-0.25, -0.2) is 0 Å². The molecule has 0 aromatic heterocycles. The highest BCUT2D eigenvalue weighted by atomic mass is 14.8. The lowest BCUT2D eigenvalue weighted by molar-refractivity contribution is 1.48. The minimum absolute atomic E-state index is 0.895. The summed E-state index contributed by atoms with van der Waals surface area (Å²) in [6.07, 6.45) is 0. The molecule has 0 bridgehead atoms. The van der Waals surface area contributed by atoms with E-state index in [1.165, 1.54) is 0 Å². The van der Waals surface area contributed by atoms with E-state index >= 15 is 0 Å². The Balaban J connectivity index is 2.98. The van der Waals surface area contributed by atoms with Gasteiger partial charge in [0.05, 0.1) is 5.69 Å². The van der Waals surface area contributed by atoms with Crippen LogP contribution in [-0.4, -0.2) is 13.8 Å². The predicted molar refractivity (Wildman–Crippen MR) is 45.2 cm³/mol. The van der Waals surface area contributed by atoms with Gasteiger partial charge in [0, 0.05) is 12.7 Å². The Hall–Kier alpha value is -1.31. The summed E-state index contributed by atoms with van der Waals surface area (Å²) in [6.45, 7) is 3.43. The van der Waals surface area contributed by atoms with Crippen LogP contribution >= 0.6 is 0 Å². The summed E-state index contributed by atoms with van der Waals surface area (Å²) in [5.74, 6) is 0. The smallest absolute Gasteiger partial charge is 0.0642 e. The second kappa shape index (κ2) is 3.01. The molecule has 1 N–H and O–H groups in total. The van der Waals surface area contributed by atoms with Gasteiger partial charge in [-0.1, -0.05) is 6.07 Å². The molecule has 0 unspecified atom stereocenters. The molecule has 0 aliphatic carbocycles. The van der Waals surface area contributed by atoms with Crippen molar-refractivity contribution in [3.63, 3.8) is 0 Å². The van der Waals surface area contributed by atoms with Crippen LogP contribution in [-0.2, 0) is 0 Å². The molecule has 0 radical (unpaired) electrons. The van der Waals surface area contributed by atoms with Crippen molar-refractivity contribution in [1.82, 2.24) is 0 Å². The molecule has 0 fully saturated rings. The Bertz CT molecular complexity index is 230. The second-order valence-corrected chi connectivity index (χ2v) is 1.96. The first-order valence-corrected chi connectivity index (χ1v) is 3.11. The third-order valence-corrected chi connectivity index (χ3v) is 1.32. The van der Waals surface area contributed by atoms with Crippen LogP contribution in [0, 0.1) is 0 Å². The van der Waals surface area contributed by atoms with Gasteiger partial charge in [0.15, 0.2) is 0 Å². The van der Waals surface area contributed by atoms with Gasteiger partial charge < -0.3 is 5.32 Å².